The van der Waals surface area contributed by atoms with Crippen molar-refractivity contribution in [2.45, 2.75) is 32.7 Å². The van der Waals surface area contributed by atoms with Gasteiger partial charge in [0.1, 0.15) is 0 Å². The molecule has 0 spiro atoms. The molecule has 1 aromatic heterocycles. The van der Waals surface area contributed by atoms with Crippen LogP contribution in [0, 0.1) is 0 Å². The summed E-state index contributed by atoms with van der Waals surface area (Å²) in [5.41, 5.74) is 2.68. The topological polar surface area (TPSA) is 62.7 Å². The van der Waals surface area contributed by atoms with Crippen LogP contribution in [-0.4, -0.2) is 53.0 Å². The molecular weight excluding hydrogens is 282 g/mol. The number of fused-ring (bicyclic) bond motifs is 1. The molecule has 0 aromatic carbocycles. The minimum absolute atomic E-state index is 0.0754. The second-order valence-electron chi connectivity index (χ2n) is 5.69. The standard InChI is InChI=1S/C16H21N3O3/c1-2-22-16(21)19-8-5-13-12(11-19)9-17-10-14(13)15(20)18-6-3-4-7-18/h9-10H,2-8,11H2,1H3. The zero-order valence-electron chi connectivity index (χ0n) is 12.9. The first-order valence-corrected chi connectivity index (χ1v) is 7.87. The summed E-state index contributed by atoms with van der Waals surface area (Å²) >= 11 is 0. The van der Waals surface area contributed by atoms with Crippen LogP contribution in [0.15, 0.2) is 12.4 Å². The Bertz CT molecular complexity index is 582. The van der Waals surface area contributed by atoms with Crippen molar-refractivity contribution in [1.82, 2.24) is 14.8 Å². The second kappa shape index (κ2) is 6.34. The summed E-state index contributed by atoms with van der Waals surface area (Å²) in [4.78, 5) is 32.2. The Hall–Kier alpha value is -2.11. The molecule has 6 nitrogen and oxygen atoms in total. The Morgan fingerprint density at radius 3 is 2.68 bits per heavy atom. The number of nitrogens with zero attached hydrogens (tertiary/aromatic N) is 3. The van der Waals surface area contributed by atoms with Gasteiger partial charge in [-0.3, -0.25) is 9.78 Å². The predicted molar refractivity (Wildman–Crippen MR) is 80.5 cm³/mol. The molecule has 0 saturated carbocycles. The quantitative estimate of drug-likeness (QED) is 0.836. The van der Waals surface area contributed by atoms with E-state index in [0.717, 1.165) is 37.1 Å². The number of hydrogen-bond acceptors (Lipinski definition) is 4. The number of aromatic nitrogens is 1. The number of ether oxygens (including phenoxy) is 1. The second-order valence-corrected chi connectivity index (χ2v) is 5.69. The van der Waals surface area contributed by atoms with Crippen molar-refractivity contribution < 1.29 is 14.3 Å². The first kappa shape index (κ1) is 14.8. The van der Waals surface area contributed by atoms with Crippen LogP contribution in [0.5, 0.6) is 0 Å². The van der Waals surface area contributed by atoms with E-state index in [1.807, 2.05) is 4.90 Å². The Kier molecular flexibility index (Phi) is 4.27. The lowest BCUT2D eigenvalue weighted by Crippen LogP contribution is -2.38. The molecule has 2 aliphatic heterocycles. The Morgan fingerprint density at radius 2 is 1.95 bits per heavy atom. The molecule has 22 heavy (non-hydrogen) atoms. The zero-order chi connectivity index (χ0) is 15.5. The van der Waals surface area contributed by atoms with Gasteiger partial charge in [-0.2, -0.15) is 0 Å². The lowest BCUT2D eigenvalue weighted by molar-refractivity contribution is 0.0790. The third-order valence-corrected chi connectivity index (χ3v) is 4.29. The molecule has 2 aliphatic rings. The van der Waals surface area contributed by atoms with Gasteiger partial charge in [0.2, 0.25) is 0 Å². The van der Waals surface area contributed by atoms with E-state index < -0.39 is 0 Å². The van der Waals surface area contributed by atoms with Gasteiger partial charge in [-0.05, 0) is 37.3 Å². The van der Waals surface area contributed by atoms with Crippen LogP contribution in [0.1, 0.15) is 41.3 Å². The van der Waals surface area contributed by atoms with Gasteiger partial charge in [-0.1, -0.05) is 0 Å². The van der Waals surface area contributed by atoms with Gasteiger partial charge in [0.05, 0.1) is 18.7 Å². The molecule has 3 rings (SSSR count). The number of carbonyl (C=O) groups excluding carboxylic acids is 2. The molecule has 0 atom stereocenters. The third kappa shape index (κ3) is 2.77. The summed E-state index contributed by atoms with van der Waals surface area (Å²) in [6, 6.07) is 0. The first-order chi connectivity index (χ1) is 10.7. The van der Waals surface area contributed by atoms with Gasteiger partial charge < -0.3 is 14.5 Å². The summed E-state index contributed by atoms with van der Waals surface area (Å²) < 4.78 is 5.05. The summed E-state index contributed by atoms with van der Waals surface area (Å²) in [6.45, 7) is 4.87. The molecule has 6 heteroatoms. The highest BCUT2D eigenvalue weighted by Gasteiger charge is 2.28. The minimum atomic E-state index is -0.301. The van der Waals surface area contributed by atoms with Gasteiger partial charge in [0, 0.05) is 32.0 Å². The maximum absolute atomic E-state index is 12.6. The fraction of sp³-hybridized carbons (Fsp3) is 0.562. The number of hydrogen-bond donors (Lipinski definition) is 0. The number of rotatable bonds is 2. The van der Waals surface area contributed by atoms with Gasteiger partial charge in [0.25, 0.3) is 5.91 Å². The van der Waals surface area contributed by atoms with Crippen molar-refractivity contribution in [1.29, 1.82) is 0 Å². The maximum Gasteiger partial charge on any atom is 0.410 e. The number of likely N-dealkylation sites (tertiary alicyclic amines) is 1. The summed E-state index contributed by atoms with van der Waals surface area (Å²) in [5, 5.41) is 0. The first-order valence-electron chi connectivity index (χ1n) is 7.87. The highest BCUT2D eigenvalue weighted by Crippen LogP contribution is 2.24. The lowest BCUT2D eigenvalue weighted by atomic mass is 9.96. The van der Waals surface area contributed by atoms with E-state index in [4.69, 9.17) is 4.74 Å². The van der Waals surface area contributed by atoms with Crippen LogP contribution in [0.2, 0.25) is 0 Å². The molecule has 0 N–H and O–H groups in total. The monoisotopic (exact) mass is 303 g/mol. The molecular formula is C16H21N3O3. The average molecular weight is 303 g/mol. The van der Waals surface area contributed by atoms with E-state index >= 15 is 0 Å². The van der Waals surface area contributed by atoms with Crippen molar-refractivity contribution in [2.24, 2.45) is 0 Å². The van der Waals surface area contributed by atoms with E-state index in [9.17, 15) is 9.59 Å². The number of pyridine rings is 1. The summed E-state index contributed by atoms with van der Waals surface area (Å²) in [7, 11) is 0. The van der Waals surface area contributed by atoms with Crippen LogP contribution < -0.4 is 0 Å². The van der Waals surface area contributed by atoms with Crippen LogP contribution in [-0.2, 0) is 17.7 Å². The largest absolute Gasteiger partial charge is 0.450 e. The summed E-state index contributed by atoms with van der Waals surface area (Å²) in [5.74, 6) is 0.0754. The fourth-order valence-corrected chi connectivity index (χ4v) is 3.14. The molecule has 2 amide bonds. The van der Waals surface area contributed by atoms with E-state index in [1.165, 1.54) is 0 Å². The van der Waals surface area contributed by atoms with Crippen molar-refractivity contribution in [2.75, 3.05) is 26.2 Å². The molecule has 0 bridgehead atoms. The average Bonchev–Trinajstić information content (AvgIpc) is 3.07. The molecule has 0 radical (unpaired) electrons. The van der Waals surface area contributed by atoms with Gasteiger partial charge in [0.15, 0.2) is 0 Å². The smallest absolute Gasteiger partial charge is 0.410 e. The molecule has 0 unspecified atom stereocenters. The van der Waals surface area contributed by atoms with E-state index in [0.29, 0.717) is 31.7 Å². The van der Waals surface area contributed by atoms with E-state index in [2.05, 4.69) is 4.98 Å². The Morgan fingerprint density at radius 1 is 1.18 bits per heavy atom. The van der Waals surface area contributed by atoms with Crippen LogP contribution >= 0.6 is 0 Å². The zero-order valence-corrected chi connectivity index (χ0v) is 12.9. The lowest BCUT2D eigenvalue weighted by Gasteiger charge is -2.29. The van der Waals surface area contributed by atoms with Gasteiger partial charge in [-0.15, -0.1) is 0 Å². The molecule has 1 fully saturated rings. The molecule has 1 saturated heterocycles. The highest BCUT2D eigenvalue weighted by atomic mass is 16.6. The van der Waals surface area contributed by atoms with Gasteiger partial charge in [-0.25, -0.2) is 4.79 Å². The minimum Gasteiger partial charge on any atom is -0.450 e. The van der Waals surface area contributed by atoms with Crippen LogP contribution in [0.25, 0.3) is 0 Å². The maximum atomic E-state index is 12.6. The van der Waals surface area contributed by atoms with Crippen LogP contribution in [0.3, 0.4) is 0 Å². The normalized spacial score (nSPS) is 17.3. The van der Waals surface area contributed by atoms with E-state index in [-0.39, 0.29) is 12.0 Å². The fourth-order valence-electron chi connectivity index (χ4n) is 3.14. The van der Waals surface area contributed by atoms with Crippen LogP contribution in [0.4, 0.5) is 4.79 Å². The third-order valence-electron chi connectivity index (χ3n) is 4.29. The van der Waals surface area contributed by atoms with Crippen molar-refractivity contribution in [3.8, 4) is 0 Å². The Balaban J connectivity index is 1.81. The molecule has 1 aromatic rings. The molecule has 0 aliphatic carbocycles. The van der Waals surface area contributed by atoms with E-state index in [1.54, 1.807) is 24.2 Å². The summed E-state index contributed by atoms with van der Waals surface area (Å²) in [6.07, 6.45) is 5.94. The Labute approximate surface area is 130 Å². The number of carbonyl (C=O) groups is 2. The van der Waals surface area contributed by atoms with Crippen molar-refractivity contribution in [3.63, 3.8) is 0 Å². The molecule has 3 heterocycles. The predicted octanol–water partition coefficient (Wildman–Crippen LogP) is 1.83. The number of amides is 2. The SMILES string of the molecule is CCOC(=O)N1CCc2c(cncc2C(=O)N2CCCC2)C1. The van der Waals surface area contributed by atoms with Gasteiger partial charge >= 0.3 is 6.09 Å². The molecule has 118 valence electrons. The van der Waals surface area contributed by atoms with Crippen molar-refractivity contribution >= 4 is 12.0 Å². The highest BCUT2D eigenvalue weighted by molar-refractivity contribution is 5.96. The van der Waals surface area contributed by atoms with Crippen molar-refractivity contribution in [3.05, 3.63) is 29.1 Å².